The molecular weight excluding hydrogens is 144 g/mol. The van der Waals surface area contributed by atoms with E-state index in [4.69, 9.17) is 0 Å². The van der Waals surface area contributed by atoms with E-state index in [0.29, 0.717) is 5.69 Å². The third kappa shape index (κ3) is 1.86. The van der Waals surface area contributed by atoms with Gasteiger partial charge in [-0.1, -0.05) is 18.2 Å². The van der Waals surface area contributed by atoms with Gasteiger partial charge in [0.2, 0.25) is 5.69 Å². The lowest BCUT2D eigenvalue weighted by molar-refractivity contribution is -0.434. The maximum absolute atomic E-state index is 10.8. The average molecular weight is 150 g/mol. The van der Waals surface area contributed by atoms with Crippen LogP contribution in [0.4, 0.5) is 5.69 Å². The van der Waals surface area contributed by atoms with Gasteiger partial charge in [0.25, 0.3) is 6.41 Å². The third-order valence-corrected chi connectivity index (χ3v) is 1.13. The van der Waals surface area contributed by atoms with Gasteiger partial charge in [-0.2, -0.15) is 0 Å². The predicted octanol–water partition coefficient (Wildman–Crippen LogP) is 1.44. The van der Waals surface area contributed by atoms with Crippen molar-refractivity contribution in [3.8, 4) is 0 Å². The van der Waals surface area contributed by atoms with Crippen molar-refractivity contribution in [3.05, 3.63) is 35.5 Å². The van der Waals surface area contributed by atoms with Gasteiger partial charge in [-0.05, 0) is 4.86 Å². The molecule has 1 aromatic rings. The van der Waals surface area contributed by atoms with Crippen molar-refractivity contribution in [2.45, 2.75) is 0 Å². The van der Waals surface area contributed by atoms with Crippen molar-refractivity contribution < 1.29 is 9.66 Å². The minimum Gasteiger partial charge on any atom is -0.594 e. The molecular formula is C7H6N2O2. The van der Waals surface area contributed by atoms with Gasteiger partial charge in [0.15, 0.2) is 0 Å². The lowest BCUT2D eigenvalue weighted by Gasteiger charge is -1.94. The number of azo groups is 1. The van der Waals surface area contributed by atoms with Crippen LogP contribution in [-0.4, -0.2) is 11.3 Å². The Bertz CT molecular complexity index is 269. The van der Waals surface area contributed by atoms with Crippen LogP contribution in [0.1, 0.15) is 0 Å². The normalized spacial score (nSPS) is 11.1. The number of benzene rings is 1. The smallest absolute Gasteiger partial charge is 0.298 e. The van der Waals surface area contributed by atoms with E-state index in [9.17, 15) is 10.0 Å². The maximum atomic E-state index is 10.8. The molecule has 1 amide bonds. The highest BCUT2D eigenvalue weighted by Crippen LogP contribution is 2.08. The average Bonchev–Trinajstić information content (AvgIpc) is 2.07. The molecule has 0 N–H and O–H groups in total. The van der Waals surface area contributed by atoms with Crippen LogP contribution in [0.5, 0.6) is 0 Å². The van der Waals surface area contributed by atoms with E-state index < -0.39 is 0 Å². The summed E-state index contributed by atoms with van der Waals surface area (Å²) in [5.74, 6) is 0. The van der Waals surface area contributed by atoms with Crippen LogP contribution in [0.3, 0.4) is 0 Å². The Hall–Kier alpha value is -1.71. The molecule has 0 fully saturated rings. The zero-order chi connectivity index (χ0) is 8.10. The van der Waals surface area contributed by atoms with Gasteiger partial charge in [0.05, 0.1) is 0 Å². The molecule has 0 spiro atoms. The van der Waals surface area contributed by atoms with Gasteiger partial charge >= 0.3 is 0 Å². The first-order chi connectivity index (χ1) is 5.34. The molecule has 11 heavy (non-hydrogen) atoms. The Balaban J connectivity index is 2.94. The fraction of sp³-hybridized carbons (Fsp3) is 0. The van der Waals surface area contributed by atoms with Crippen molar-refractivity contribution in [3.63, 3.8) is 0 Å². The Morgan fingerprint density at radius 1 is 1.36 bits per heavy atom. The molecule has 0 aliphatic rings. The lowest BCUT2D eigenvalue weighted by Crippen LogP contribution is -1.89. The highest BCUT2D eigenvalue weighted by molar-refractivity contribution is 5.45. The highest BCUT2D eigenvalue weighted by Gasteiger charge is 1.98. The van der Waals surface area contributed by atoms with Crippen LogP contribution in [0.15, 0.2) is 35.4 Å². The summed E-state index contributed by atoms with van der Waals surface area (Å²) in [6.07, 6.45) is 0.208. The molecule has 56 valence electrons. The molecule has 0 aromatic heterocycles. The number of para-hydroxylation sites is 1. The summed E-state index contributed by atoms with van der Waals surface area (Å²) in [6, 6.07) is 8.30. The first-order valence-corrected chi connectivity index (χ1v) is 3.01. The molecule has 4 heteroatoms. The summed E-state index contributed by atoms with van der Waals surface area (Å²) >= 11 is 0. The summed E-state index contributed by atoms with van der Waals surface area (Å²) in [6.45, 7) is 0. The highest BCUT2D eigenvalue weighted by atomic mass is 16.5. The molecule has 0 radical (unpaired) electrons. The monoisotopic (exact) mass is 150 g/mol. The van der Waals surface area contributed by atoms with Crippen molar-refractivity contribution in [1.29, 1.82) is 0 Å². The molecule has 0 saturated carbocycles. The first kappa shape index (κ1) is 7.40. The molecule has 0 heterocycles. The number of rotatable bonds is 2. The molecule has 0 bridgehead atoms. The number of nitrogens with zero attached hydrogens (tertiary/aromatic N) is 2. The molecule has 0 saturated heterocycles. The summed E-state index contributed by atoms with van der Waals surface area (Å²) in [5.41, 5.74) is 0.347. The zero-order valence-corrected chi connectivity index (χ0v) is 5.68. The largest absolute Gasteiger partial charge is 0.594 e. The van der Waals surface area contributed by atoms with Crippen LogP contribution in [0, 0.1) is 5.21 Å². The van der Waals surface area contributed by atoms with E-state index in [0.717, 1.165) is 0 Å². The standard InChI is InChI=1S/C7H6N2O2/c10-6-8-9(11)7-4-2-1-3-5-7/h1-6H. The van der Waals surface area contributed by atoms with Crippen molar-refractivity contribution in [2.75, 3.05) is 0 Å². The van der Waals surface area contributed by atoms with Crippen LogP contribution in [-0.2, 0) is 4.79 Å². The second-order valence-corrected chi connectivity index (χ2v) is 1.83. The number of hydrogen-bond acceptors (Lipinski definition) is 2. The molecule has 4 nitrogen and oxygen atoms in total. The van der Waals surface area contributed by atoms with Gasteiger partial charge in [-0.25, -0.2) is 0 Å². The van der Waals surface area contributed by atoms with Gasteiger partial charge in [0.1, 0.15) is 0 Å². The molecule has 1 aromatic carbocycles. The van der Waals surface area contributed by atoms with Gasteiger partial charge < -0.3 is 5.21 Å². The van der Waals surface area contributed by atoms with Gasteiger partial charge in [-0.15, -0.1) is 0 Å². The zero-order valence-electron chi connectivity index (χ0n) is 5.68. The van der Waals surface area contributed by atoms with E-state index in [2.05, 4.69) is 5.11 Å². The molecule has 1 rings (SSSR count). The van der Waals surface area contributed by atoms with Gasteiger partial charge in [-0.3, -0.25) is 4.79 Å². The van der Waals surface area contributed by atoms with E-state index in [1.54, 1.807) is 30.3 Å². The number of hydrogen-bond donors (Lipinski definition) is 0. The van der Waals surface area contributed by atoms with E-state index >= 15 is 0 Å². The van der Waals surface area contributed by atoms with Crippen molar-refractivity contribution in [2.24, 2.45) is 5.11 Å². The minimum atomic E-state index is 0.208. The topological polar surface area (TPSA) is 55.5 Å². The van der Waals surface area contributed by atoms with Crippen LogP contribution >= 0.6 is 0 Å². The second-order valence-electron chi connectivity index (χ2n) is 1.83. The van der Waals surface area contributed by atoms with Crippen LogP contribution < -0.4 is 0 Å². The summed E-state index contributed by atoms with van der Waals surface area (Å²) < 4.78 is 0. The fourth-order valence-corrected chi connectivity index (χ4v) is 0.665. The predicted molar refractivity (Wildman–Crippen MR) is 38.2 cm³/mol. The maximum Gasteiger partial charge on any atom is 0.298 e. The summed E-state index contributed by atoms with van der Waals surface area (Å²) in [5, 5.41) is 13.8. The van der Waals surface area contributed by atoms with Gasteiger partial charge in [0, 0.05) is 17.2 Å². The van der Waals surface area contributed by atoms with Crippen molar-refractivity contribution >= 4 is 12.1 Å². The lowest BCUT2D eigenvalue weighted by atomic mass is 10.3. The number of carbonyl (C=O) groups is 1. The van der Waals surface area contributed by atoms with E-state index in [1.807, 2.05) is 0 Å². The Morgan fingerprint density at radius 3 is 2.55 bits per heavy atom. The van der Waals surface area contributed by atoms with Crippen LogP contribution in [0.2, 0.25) is 0 Å². The van der Waals surface area contributed by atoms with E-state index in [1.165, 1.54) is 0 Å². The second kappa shape index (κ2) is 3.46. The quantitative estimate of drug-likeness (QED) is 0.277. The minimum absolute atomic E-state index is 0.208. The summed E-state index contributed by atoms with van der Waals surface area (Å²) in [4.78, 5) is 10.1. The number of carbonyl (C=O) groups excluding carboxylic acids is 1. The Labute approximate surface area is 63.4 Å². The first-order valence-electron chi connectivity index (χ1n) is 3.01. The SMILES string of the molecule is O=CN=[N+]([O-])c1ccccc1. The Kier molecular flexibility index (Phi) is 2.32. The molecule has 0 aliphatic heterocycles. The van der Waals surface area contributed by atoms with Crippen LogP contribution in [0.25, 0.3) is 0 Å². The summed E-state index contributed by atoms with van der Waals surface area (Å²) in [7, 11) is 0. The molecule has 0 unspecified atom stereocenters. The fourth-order valence-electron chi connectivity index (χ4n) is 0.665. The molecule has 0 atom stereocenters. The number of amides is 1. The Morgan fingerprint density at radius 2 is 2.00 bits per heavy atom. The van der Waals surface area contributed by atoms with Crippen molar-refractivity contribution in [1.82, 2.24) is 0 Å². The van der Waals surface area contributed by atoms with E-state index in [-0.39, 0.29) is 11.3 Å². The third-order valence-electron chi connectivity index (χ3n) is 1.13. The molecule has 0 aliphatic carbocycles.